The molecule has 0 unspecified atom stereocenters. The van der Waals surface area contributed by atoms with Crippen LogP contribution in [-0.4, -0.2) is 57.7 Å². The van der Waals surface area contributed by atoms with E-state index in [1.165, 1.54) is 0 Å². The second kappa shape index (κ2) is 15.9. The maximum absolute atomic E-state index is 13.6. The van der Waals surface area contributed by atoms with Crippen molar-refractivity contribution < 1.29 is 54.2 Å². The molecule has 1 fully saturated rings. The summed E-state index contributed by atoms with van der Waals surface area (Å²) in [6.07, 6.45) is -5.14. The number of likely N-dealkylation sites (tertiary alicyclic amines) is 1. The number of carboxylic acids is 1. The molecule has 0 aliphatic carbocycles. The maximum Gasteiger partial charge on any atom is 0.573 e. The van der Waals surface area contributed by atoms with Gasteiger partial charge >= 0.3 is 12.3 Å². The third-order valence-electron chi connectivity index (χ3n) is 7.59. The topological polar surface area (TPSA) is 114 Å². The number of aliphatic carboxylic acids is 1. The molecule has 1 saturated heterocycles. The molecule has 248 valence electrons. The number of rotatable bonds is 11. The van der Waals surface area contributed by atoms with E-state index in [1.807, 2.05) is 30.3 Å². The maximum atomic E-state index is 13.6. The molecule has 1 amide bonds. The summed E-state index contributed by atoms with van der Waals surface area (Å²) in [6.45, 7) is 1.35. The largest absolute Gasteiger partial charge is 0.625 e. The van der Waals surface area contributed by atoms with Gasteiger partial charge in [-0.2, -0.15) is 0 Å². The minimum atomic E-state index is -4.91. The molecule has 1 aliphatic rings. The number of nitrogens with zero attached hydrogens (tertiary/aromatic N) is 3. The van der Waals surface area contributed by atoms with E-state index in [4.69, 9.17) is 0 Å². The van der Waals surface area contributed by atoms with Gasteiger partial charge in [0.2, 0.25) is 0 Å². The zero-order valence-corrected chi connectivity index (χ0v) is 25.9. The van der Waals surface area contributed by atoms with Crippen LogP contribution in [0.4, 0.5) is 18.9 Å². The number of carboxylic acid groups (broad SMARTS) is 1. The van der Waals surface area contributed by atoms with Gasteiger partial charge in [-0.25, -0.2) is 4.79 Å². The Morgan fingerprint density at radius 2 is 1.53 bits per heavy atom. The summed E-state index contributed by atoms with van der Waals surface area (Å²) < 4.78 is 41.7. The van der Waals surface area contributed by atoms with E-state index in [0.29, 0.717) is 24.1 Å². The molecule has 1 heterocycles. The van der Waals surface area contributed by atoms with Gasteiger partial charge in [-0.05, 0) is 48.2 Å². The molecule has 4 aromatic rings. The normalized spacial score (nSPS) is 16.5. The molecule has 0 spiro atoms. The minimum absolute atomic E-state index is 0. The van der Waals surface area contributed by atoms with Gasteiger partial charge in [-0.15, -0.1) is 18.9 Å². The first-order valence-corrected chi connectivity index (χ1v) is 14.6. The molecule has 2 N–H and O–H groups in total. The molecule has 47 heavy (non-hydrogen) atoms. The summed E-state index contributed by atoms with van der Waals surface area (Å²) in [5.74, 6) is -2.32. The molecule has 0 saturated carbocycles. The van der Waals surface area contributed by atoms with Crippen molar-refractivity contribution in [3.05, 3.63) is 137 Å². The third kappa shape index (κ3) is 9.28. The predicted octanol–water partition coefficient (Wildman–Crippen LogP) is 6.80. The van der Waals surface area contributed by atoms with E-state index in [2.05, 4.69) is 19.9 Å². The Morgan fingerprint density at radius 3 is 2.17 bits per heavy atom. The van der Waals surface area contributed by atoms with Gasteiger partial charge in [0.15, 0.2) is 6.04 Å². The summed E-state index contributed by atoms with van der Waals surface area (Å²) in [5.41, 5.74) is 2.45. The number of ether oxygens (including phenoxy) is 1. The average Bonchev–Trinajstić information content (AvgIpc) is 3.50. The number of aliphatic hydroxyl groups is 1. The SMILES string of the molecule is O=C(O)[C@H](N=C(c1ccccc1)c1ccccc1[N-]C(=O)[C@@H]1CCCN1Cc1ccccc1)[C@@H](O)c1ccc(OC(F)(F)F)cc1.[Ni]. The molecule has 0 bridgehead atoms. The summed E-state index contributed by atoms with van der Waals surface area (Å²) in [7, 11) is 0. The molecular weight excluding hydrogens is 658 g/mol. The number of alkyl halides is 3. The van der Waals surface area contributed by atoms with Gasteiger partial charge in [0.1, 0.15) is 11.9 Å². The molecule has 0 radical (unpaired) electrons. The fraction of sp³-hybridized carbons (Fsp3) is 0.229. The number of hydrogen-bond donors (Lipinski definition) is 2. The number of carbonyl (C=O) groups excluding carboxylic acids is 1. The number of aliphatic imine (C=N–C) groups is 1. The minimum Gasteiger partial charge on any atom is -0.625 e. The van der Waals surface area contributed by atoms with Crippen LogP contribution in [0.1, 0.15) is 41.2 Å². The van der Waals surface area contributed by atoms with Crippen LogP contribution < -0.4 is 4.74 Å². The summed E-state index contributed by atoms with van der Waals surface area (Å²) in [5, 5.41) is 25.7. The Bertz CT molecular complexity index is 1670. The Labute approximate surface area is 279 Å². The second-order valence-electron chi connectivity index (χ2n) is 10.8. The molecule has 5 rings (SSSR count). The van der Waals surface area contributed by atoms with Crippen LogP contribution in [0.3, 0.4) is 0 Å². The van der Waals surface area contributed by atoms with Crippen LogP contribution in [-0.2, 0) is 32.6 Å². The van der Waals surface area contributed by atoms with Crippen LogP contribution in [0.2, 0.25) is 0 Å². The van der Waals surface area contributed by atoms with E-state index < -0.39 is 36.3 Å². The van der Waals surface area contributed by atoms with E-state index >= 15 is 0 Å². The molecule has 8 nitrogen and oxygen atoms in total. The first-order valence-electron chi connectivity index (χ1n) is 14.6. The Hall–Kier alpha value is -4.51. The van der Waals surface area contributed by atoms with Crippen LogP contribution in [0.5, 0.6) is 5.75 Å². The number of aliphatic hydroxyl groups excluding tert-OH is 1. The summed E-state index contributed by atoms with van der Waals surface area (Å²) in [4.78, 5) is 32.6. The number of para-hydroxylation sites is 1. The number of carbonyl (C=O) groups is 2. The van der Waals surface area contributed by atoms with E-state index in [1.54, 1.807) is 54.6 Å². The van der Waals surface area contributed by atoms with Gasteiger partial charge < -0.3 is 25.1 Å². The smallest absolute Gasteiger partial charge is 0.573 e. The third-order valence-corrected chi connectivity index (χ3v) is 7.59. The Morgan fingerprint density at radius 1 is 0.915 bits per heavy atom. The molecule has 1 aliphatic heterocycles. The van der Waals surface area contributed by atoms with Crippen molar-refractivity contribution >= 4 is 23.3 Å². The predicted molar refractivity (Wildman–Crippen MR) is 166 cm³/mol. The van der Waals surface area contributed by atoms with Crippen LogP contribution in [0, 0.1) is 0 Å². The van der Waals surface area contributed by atoms with E-state index in [9.17, 15) is 33.0 Å². The average molecular weight is 689 g/mol. The van der Waals surface area contributed by atoms with Crippen molar-refractivity contribution in [3.63, 3.8) is 0 Å². The summed E-state index contributed by atoms with van der Waals surface area (Å²) in [6, 6.07) is 27.3. The quantitative estimate of drug-likeness (QED) is 0.132. The number of halogens is 3. The molecule has 12 heteroatoms. The fourth-order valence-corrected chi connectivity index (χ4v) is 5.42. The number of benzene rings is 4. The van der Waals surface area contributed by atoms with Crippen LogP contribution in [0.15, 0.2) is 114 Å². The van der Waals surface area contributed by atoms with Gasteiger partial charge in [0, 0.05) is 28.6 Å². The second-order valence-corrected chi connectivity index (χ2v) is 10.8. The monoisotopic (exact) mass is 688 g/mol. The van der Waals surface area contributed by atoms with Crippen molar-refractivity contribution in [1.29, 1.82) is 0 Å². The molecular formula is C35H31F3N3NiO5-. The van der Waals surface area contributed by atoms with E-state index in [0.717, 1.165) is 42.8 Å². The first kappa shape index (κ1) is 35.3. The fourth-order valence-electron chi connectivity index (χ4n) is 5.42. The van der Waals surface area contributed by atoms with Gasteiger partial charge in [-0.3, -0.25) is 9.89 Å². The van der Waals surface area contributed by atoms with Crippen molar-refractivity contribution in [2.75, 3.05) is 6.54 Å². The van der Waals surface area contributed by atoms with Gasteiger partial charge in [0.25, 0.3) is 0 Å². The molecule has 0 aromatic heterocycles. The molecule has 3 atom stereocenters. The summed E-state index contributed by atoms with van der Waals surface area (Å²) >= 11 is 0. The zero-order valence-electron chi connectivity index (χ0n) is 24.9. The first-order chi connectivity index (χ1) is 22.1. The van der Waals surface area contributed by atoms with Crippen LogP contribution in [0.25, 0.3) is 5.32 Å². The van der Waals surface area contributed by atoms with Crippen molar-refractivity contribution in [2.45, 2.75) is 43.9 Å². The van der Waals surface area contributed by atoms with Crippen molar-refractivity contribution in [1.82, 2.24) is 4.90 Å². The Kier molecular flexibility index (Phi) is 11.9. The molecule has 4 aromatic carbocycles. The van der Waals surface area contributed by atoms with Crippen molar-refractivity contribution in [3.8, 4) is 5.75 Å². The van der Waals surface area contributed by atoms with Gasteiger partial charge in [-0.1, -0.05) is 97.1 Å². The van der Waals surface area contributed by atoms with E-state index in [-0.39, 0.29) is 39.4 Å². The number of amides is 1. The van der Waals surface area contributed by atoms with Crippen molar-refractivity contribution in [2.24, 2.45) is 4.99 Å². The van der Waals surface area contributed by atoms with Gasteiger partial charge in [0.05, 0.1) is 17.7 Å². The zero-order chi connectivity index (χ0) is 32.7. The van der Waals surface area contributed by atoms with Crippen LogP contribution >= 0.6 is 0 Å². The number of hydrogen-bond acceptors (Lipinski definition) is 6. The Balaban J connectivity index is 0.00000500. The standard InChI is InChI=1S/C35H32F3N3O5.Ni/c36-35(37,38)46-26-19-17-25(18-20-26)32(42)31(34(44)45)40-30(24-12-5-2-6-13-24)27-14-7-8-15-28(27)39-33(43)29-16-9-21-41(29)22-23-10-3-1-4-11-23;/h1-8,10-15,17-20,29,31-32,42H,9,16,21-22H2,(H2,39,40,43,44,45);/p-1/t29-,31+,32-;/m0./s1.